The van der Waals surface area contributed by atoms with Crippen molar-refractivity contribution >= 4 is 11.9 Å². The minimum Gasteiger partial charge on any atom is -0.465 e. The summed E-state index contributed by atoms with van der Waals surface area (Å²) in [5.74, 6) is 0.339. The van der Waals surface area contributed by atoms with Gasteiger partial charge in [-0.15, -0.1) is 0 Å². The Balaban J connectivity index is 1.46. The number of carbonyl (C=O) groups excluding carboxylic acids is 2. The number of amides is 1. The van der Waals surface area contributed by atoms with Gasteiger partial charge in [-0.25, -0.2) is 0 Å². The maximum Gasteiger partial charge on any atom is 0.308 e. The van der Waals surface area contributed by atoms with Crippen LogP contribution in [0.25, 0.3) is 0 Å². The quantitative estimate of drug-likeness (QED) is 0.781. The van der Waals surface area contributed by atoms with Crippen molar-refractivity contribution in [3.8, 4) is 0 Å². The standard InChI is InChI=1S/C17H21NO3/c19-16-9-14(12-21-17(20)15-7-4-8-15)11-18(16)10-13-5-2-1-3-6-13/h1-3,5-6,14-15H,4,7-12H2. The Labute approximate surface area is 125 Å². The van der Waals surface area contributed by atoms with Crippen LogP contribution in [-0.2, 0) is 20.9 Å². The third kappa shape index (κ3) is 3.43. The summed E-state index contributed by atoms with van der Waals surface area (Å²) in [5.41, 5.74) is 1.14. The van der Waals surface area contributed by atoms with Gasteiger partial charge in [0, 0.05) is 25.4 Å². The van der Waals surface area contributed by atoms with Crippen LogP contribution < -0.4 is 0 Å². The maximum atomic E-state index is 12.0. The first-order valence-electron chi connectivity index (χ1n) is 7.70. The van der Waals surface area contributed by atoms with Crippen molar-refractivity contribution in [1.29, 1.82) is 0 Å². The van der Waals surface area contributed by atoms with E-state index in [1.807, 2.05) is 35.2 Å². The normalized spacial score (nSPS) is 22.2. The van der Waals surface area contributed by atoms with Gasteiger partial charge in [0.05, 0.1) is 12.5 Å². The van der Waals surface area contributed by atoms with E-state index < -0.39 is 0 Å². The monoisotopic (exact) mass is 287 g/mol. The van der Waals surface area contributed by atoms with E-state index in [2.05, 4.69) is 0 Å². The number of benzene rings is 1. The number of likely N-dealkylation sites (tertiary alicyclic amines) is 1. The molecule has 4 heteroatoms. The number of hydrogen-bond donors (Lipinski definition) is 0. The first-order chi connectivity index (χ1) is 10.2. The fraction of sp³-hybridized carbons (Fsp3) is 0.529. The zero-order chi connectivity index (χ0) is 14.7. The van der Waals surface area contributed by atoms with E-state index in [4.69, 9.17) is 4.74 Å². The smallest absolute Gasteiger partial charge is 0.308 e. The molecule has 4 nitrogen and oxygen atoms in total. The minimum atomic E-state index is -0.0739. The van der Waals surface area contributed by atoms with E-state index in [-0.39, 0.29) is 23.7 Å². The van der Waals surface area contributed by atoms with E-state index in [1.54, 1.807) is 0 Å². The molecule has 3 rings (SSSR count). The molecule has 0 N–H and O–H groups in total. The highest BCUT2D eigenvalue weighted by Crippen LogP contribution is 2.28. The van der Waals surface area contributed by atoms with Crippen LogP contribution in [0.15, 0.2) is 30.3 Å². The molecule has 1 aliphatic carbocycles. The number of hydrogen-bond acceptors (Lipinski definition) is 3. The number of ether oxygens (including phenoxy) is 1. The van der Waals surface area contributed by atoms with Crippen molar-refractivity contribution in [3.63, 3.8) is 0 Å². The van der Waals surface area contributed by atoms with Crippen molar-refractivity contribution in [1.82, 2.24) is 4.90 Å². The summed E-state index contributed by atoms with van der Waals surface area (Å²) in [6.45, 7) is 1.71. The molecule has 2 aliphatic rings. The summed E-state index contributed by atoms with van der Waals surface area (Å²) in [5, 5.41) is 0. The number of esters is 1. The average molecular weight is 287 g/mol. The van der Waals surface area contributed by atoms with Gasteiger partial charge in [-0.05, 0) is 18.4 Å². The van der Waals surface area contributed by atoms with E-state index in [0.29, 0.717) is 26.1 Å². The highest BCUT2D eigenvalue weighted by atomic mass is 16.5. The van der Waals surface area contributed by atoms with Crippen LogP contribution in [-0.4, -0.2) is 29.9 Å². The van der Waals surface area contributed by atoms with Gasteiger partial charge in [0.2, 0.25) is 5.91 Å². The second kappa shape index (κ2) is 6.29. The highest BCUT2D eigenvalue weighted by Gasteiger charge is 2.32. The van der Waals surface area contributed by atoms with Crippen LogP contribution in [0.3, 0.4) is 0 Å². The molecule has 112 valence electrons. The third-order valence-corrected chi connectivity index (χ3v) is 4.41. The molecule has 1 atom stereocenters. The molecule has 0 bridgehead atoms. The number of carbonyl (C=O) groups is 2. The van der Waals surface area contributed by atoms with Gasteiger partial charge in [0.25, 0.3) is 0 Å². The summed E-state index contributed by atoms with van der Waals surface area (Å²) < 4.78 is 5.36. The Morgan fingerprint density at radius 3 is 2.67 bits per heavy atom. The van der Waals surface area contributed by atoms with Crippen LogP contribution in [0.5, 0.6) is 0 Å². The summed E-state index contributed by atoms with van der Waals surface area (Å²) >= 11 is 0. The second-order valence-electron chi connectivity index (χ2n) is 6.09. The van der Waals surface area contributed by atoms with Gasteiger partial charge in [-0.1, -0.05) is 36.8 Å². The topological polar surface area (TPSA) is 46.6 Å². The zero-order valence-electron chi connectivity index (χ0n) is 12.2. The van der Waals surface area contributed by atoms with Crippen LogP contribution in [0.4, 0.5) is 0 Å². The van der Waals surface area contributed by atoms with E-state index >= 15 is 0 Å². The lowest BCUT2D eigenvalue weighted by Gasteiger charge is -2.24. The molecular formula is C17H21NO3. The van der Waals surface area contributed by atoms with Crippen molar-refractivity contribution in [3.05, 3.63) is 35.9 Å². The zero-order valence-corrected chi connectivity index (χ0v) is 12.2. The predicted molar refractivity (Wildman–Crippen MR) is 78.3 cm³/mol. The molecule has 1 saturated carbocycles. The number of nitrogens with zero attached hydrogens (tertiary/aromatic N) is 1. The van der Waals surface area contributed by atoms with E-state index in [9.17, 15) is 9.59 Å². The molecule has 0 radical (unpaired) electrons. The van der Waals surface area contributed by atoms with Crippen LogP contribution in [0, 0.1) is 11.8 Å². The van der Waals surface area contributed by atoms with Crippen LogP contribution in [0.2, 0.25) is 0 Å². The molecule has 1 aliphatic heterocycles. The van der Waals surface area contributed by atoms with Crippen LogP contribution in [0.1, 0.15) is 31.2 Å². The van der Waals surface area contributed by atoms with Crippen molar-refractivity contribution in [2.24, 2.45) is 11.8 Å². The first-order valence-corrected chi connectivity index (χ1v) is 7.70. The second-order valence-corrected chi connectivity index (χ2v) is 6.09. The SMILES string of the molecule is O=C(OCC1CC(=O)N(Cc2ccccc2)C1)C1CCC1. The minimum absolute atomic E-state index is 0.0739. The molecule has 1 unspecified atom stereocenters. The van der Waals surface area contributed by atoms with Gasteiger partial charge in [0.15, 0.2) is 0 Å². The lowest BCUT2D eigenvalue weighted by Crippen LogP contribution is -2.27. The van der Waals surface area contributed by atoms with Gasteiger partial charge >= 0.3 is 5.97 Å². The van der Waals surface area contributed by atoms with Crippen LogP contribution >= 0.6 is 0 Å². The van der Waals surface area contributed by atoms with E-state index in [0.717, 1.165) is 24.8 Å². The highest BCUT2D eigenvalue weighted by molar-refractivity contribution is 5.79. The molecule has 21 heavy (non-hydrogen) atoms. The summed E-state index contributed by atoms with van der Waals surface area (Å²) in [6.07, 6.45) is 3.54. The summed E-state index contributed by atoms with van der Waals surface area (Å²) in [7, 11) is 0. The third-order valence-electron chi connectivity index (χ3n) is 4.41. The Bertz CT molecular complexity index is 510. The maximum absolute atomic E-state index is 12.0. The molecule has 1 saturated heterocycles. The molecule has 1 aromatic rings. The van der Waals surface area contributed by atoms with Gasteiger partial charge in [-0.2, -0.15) is 0 Å². The predicted octanol–water partition coefficient (Wildman–Crippen LogP) is 2.38. The fourth-order valence-electron chi connectivity index (χ4n) is 2.88. The Morgan fingerprint density at radius 2 is 2.00 bits per heavy atom. The molecule has 1 amide bonds. The molecule has 0 aromatic heterocycles. The van der Waals surface area contributed by atoms with Gasteiger partial charge in [0.1, 0.15) is 0 Å². The lowest BCUT2D eigenvalue weighted by atomic mass is 9.86. The number of rotatable bonds is 5. The van der Waals surface area contributed by atoms with Crippen molar-refractivity contribution in [2.75, 3.05) is 13.2 Å². The lowest BCUT2D eigenvalue weighted by molar-refractivity contribution is -0.152. The largest absolute Gasteiger partial charge is 0.465 e. The van der Waals surface area contributed by atoms with Crippen molar-refractivity contribution < 1.29 is 14.3 Å². The summed E-state index contributed by atoms with van der Waals surface area (Å²) in [6, 6.07) is 9.98. The molecular weight excluding hydrogens is 266 g/mol. The Morgan fingerprint density at radius 1 is 1.24 bits per heavy atom. The van der Waals surface area contributed by atoms with Gasteiger partial charge in [-0.3, -0.25) is 9.59 Å². The van der Waals surface area contributed by atoms with Crippen molar-refractivity contribution in [2.45, 2.75) is 32.2 Å². The summed E-state index contributed by atoms with van der Waals surface area (Å²) in [4.78, 5) is 25.6. The van der Waals surface area contributed by atoms with E-state index in [1.165, 1.54) is 0 Å². The first kappa shape index (κ1) is 14.1. The average Bonchev–Trinajstić information content (AvgIpc) is 2.76. The fourth-order valence-corrected chi connectivity index (χ4v) is 2.88. The Hall–Kier alpha value is -1.84. The molecule has 0 spiro atoms. The molecule has 1 aromatic carbocycles. The molecule has 1 heterocycles. The molecule has 2 fully saturated rings. The van der Waals surface area contributed by atoms with Gasteiger partial charge < -0.3 is 9.64 Å². The Kier molecular flexibility index (Phi) is 4.23.